The van der Waals surface area contributed by atoms with Crippen LogP contribution in [0, 0.1) is 0 Å². The Hall–Kier alpha value is -4.97. The van der Waals surface area contributed by atoms with Crippen molar-refractivity contribution in [3.05, 3.63) is 109 Å². The number of ether oxygens (including phenoxy) is 2. The molecule has 0 fully saturated rings. The van der Waals surface area contributed by atoms with E-state index in [0.717, 1.165) is 72.9 Å². The first-order valence-electron chi connectivity index (χ1n) is 12.4. The third kappa shape index (κ3) is 2.42. The van der Waals surface area contributed by atoms with E-state index in [4.69, 9.17) is 14.5 Å². The van der Waals surface area contributed by atoms with Crippen LogP contribution in [0.4, 0.5) is 0 Å². The number of aromatic nitrogens is 3. The highest BCUT2D eigenvalue weighted by molar-refractivity contribution is 6.98. The van der Waals surface area contributed by atoms with E-state index in [0.29, 0.717) is 0 Å². The fourth-order valence-electron chi connectivity index (χ4n) is 6.12. The van der Waals surface area contributed by atoms with E-state index >= 15 is 0 Å². The van der Waals surface area contributed by atoms with Gasteiger partial charge in [0.1, 0.15) is 22.8 Å². The summed E-state index contributed by atoms with van der Waals surface area (Å²) in [5.41, 5.74) is 8.39. The van der Waals surface area contributed by atoms with Crippen LogP contribution in [-0.2, 0) is 0 Å². The van der Waals surface area contributed by atoms with Gasteiger partial charge < -0.3 is 9.47 Å². The lowest BCUT2D eigenvalue weighted by atomic mass is 9.35. The molecule has 7 aromatic rings. The predicted molar refractivity (Wildman–Crippen MR) is 147 cm³/mol. The highest BCUT2D eigenvalue weighted by Gasteiger charge is 2.41. The Morgan fingerprint density at radius 2 is 1.24 bits per heavy atom. The second kappa shape index (κ2) is 6.83. The normalized spacial score (nSPS) is 13.2. The molecule has 2 aromatic heterocycles. The molecular weight excluding hydrogens is 457 g/mol. The lowest BCUT2D eigenvalue weighted by molar-refractivity contribution is 0.468. The van der Waals surface area contributed by atoms with Crippen LogP contribution in [0.1, 0.15) is 0 Å². The topological polar surface area (TPSA) is 40.7 Å². The summed E-state index contributed by atoms with van der Waals surface area (Å²) in [4.78, 5) is 5.25. The summed E-state index contributed by atoms with van der Waals surface area (Å²) in [6.07, 6.45) is 0. The summed E-state index contributed by atoms with van der Waals surface area (Å²) >= 11 is 0. The van der Waals surface area contributed by atoms with Crippen molar-refractivity contribution in [3.63, 3.8) is 0 Å². The number of hydrogen-bond acceptors (Lipinski definition) is 3. The molecule has 0 N–H and O–H groups in total. The van der Waals surface area contributed by atoms with Gasteiger partial charge in [-0.1, -0.05) is 66.7 Å². The van der Waals surface area contributed by atoms with E-state index in [1.807, 2.05) is 30.3 Å². The number of hydrogen-bond donors (Lipinski definition) is 0. The van der Waals surface area contributed by atoms with Gasteiger partial charge in [-0.2, -0.15) is 0 Å². The molecule has 5 aromatic carbocycles. The van der Waals surface area contributed by atoms with Gasteiger partial charge in [0.2, 0.25) is 5.78 Å². The van der Waals surface area contributed by atoms with Crippen molar-refractivity contribution < 1.29 is 9.47 Å². The van der Waals surface area contributed by atoms with Crippen LogP contribution in [0.2, 0.25) is 0 Å². The van der Waals surface area contributed by atoms with Crippen molar-refractivity contribution in [2.75, 3.05) is 0 Å². The number of nitrogens with zero attached hydrogens (tertiary/aromatic N) is 3. The maximum absolute atomic E-state index is 6.64. The summed E-state index contributed by atoms with van der Waals surface area (Å²) in [5.74, 6) is 4.19. The zero-order valence-electron chi connectivity index (χ0n) is 19.6. The van der Waals surface area contributed by atoms with Crippen LogP contribution in [0.15, 0.2) is 109 Å². The fourth-order valence-corrected chi connectivity index (χ4v) is 6.12. The molecule has 172 valence electrons. The van der Waals surface area contributed by atoms with E-state index in [-0.39, 0.29) is 6.71 Å². The Morgan fingerprint density at radius 3 is 2.03 bits per heavy atom. The molecule has 5 nitrogen and oxygen atoms in total. The Bertz CT molecular complexity index is 2050. The Labute approximate surface area is 212 Å². The second-order valence-corrected chi connectivity index (χ2v) is 9.60. The van der Waals surface area contributed by atoms with E-state index in [1.54, 1.807) is 0 Å². The van der Waals surface area contributed by atoms with E-state index in [9.17, 15) is 0 Å². The van der Waals surface area contributed by atoms with Crippen LogP contribution >= 0.6 is 0 Å². The van der Waals surface area contributed by atoms with Crippen molar-refractivity contribution >= 4 is 50.9 Å². The minimum Gasteiger partial charge on any atom is -0.458 e. The highest BCUT2D eigenvalue weighted by atomic mass is 16.5. The first-order chi connectivity index (χ1) is 18.4. The third-order valence-electron chi connectivity index (χ3n) is 7.65. The molecule has 0 atom stereocenters. The molecule has 2 aliphatic rings. The van der Waals surface area contributed by atoms with Gasteiger partial charge in [0.15, 0.2) is 5.75 Å². The Kier molecular flexibility index (Phi) is 3.55. The number of benzene rings is 5. The van der Waals surface area contributed by atoms with Crippen LogP contribution < -0.4 is 25.9 Å². The zero-order chi connectivity index (χ0) is 24.1. The van der Waals surface area contributed by atoms with Gasteiger partial charge in [-0.15, -0.1) is 0 Å². The largest absolute Gasteiger partial charge is 0.458 e. The minimum atomic E-state index is 0.0263. The first kappa shape index (κ1) is 19.3. The summed E-state index contributed by atoms with van der Waals surface area (Å²) in [5, 5.41) is 0. The molecule has 0 saturated heterocycles. The number of imidazole rings is 2. The van der Waals surface area contributed by atoms with Crippen molar-refractivity contribution in [2.45, 2.75) is 0 Å². The third-order valence-corrected chi connectivity index (χ3v) is 7.65. The Morgan fingerprint density at radius 1 is 0.595 bits per heavy atom. The smallest absolute Gasteiger partial charge is 0.260 e. The quantitative estimate of drug-likeness (QED) is 0.308. The van der Waals surface area contributed by atoms with Gasteiger partial charge in [0.25, 0.3) is 6.71 Å². The minimum absolute atomic E-state index is 0.0263. The lowest BCUT2D eigenvalue weighted by Crippen LogP contribution is -2.57. The molecule has 0 amide bonds. The standard InChI is InChI=1S/C31H18BN3O2/c1-2-10-19(11-3-1)34-22-14-6-7-15-23(22)35-24-18-27-28-30(29(24)33-31(34)35)37-26-17-9-5-13-21(26)32(28)20-12-4-8-16-25(20)36-27/h1-18H. The molecule has 4 heterocycles. The molecule has 37 heavy (non-hydrogen) atoms. The van der Waals surface area contributed by atoms with E-state index < -0.39 is 0 Å². The first-order valence-corrected chi connectivity index (χ1v) is 12.4. The highest BCUT2D eigenvalue weighted by Crippen LogP contribution is 2.41. The van der Waals surface area contributed by atoms with Crippen molar-refractivity contribution in [3.8, 4) is 28.7 Å². The SMILES string of the molecule is c1ccc(-n2c3ccccc3n3c4cc5c6c(c4nc23)Oc2ccccc2B6c2ccccc2O5)cc1. The molecule has 0 saturated carbocycles. The van der Waals surface area contributed by atoms with Crippen LogP contribution in [-0.4, -0.2) is 20.7 Å². The van der Waals surface area contributed by atoms with Crippen molar-refractivity contribution in [2.24, 2.45) is 0 Å². The molecule has 0 radical (unpaired) electrons. The molecule has 2 aliphatic heterocycles. The molecular formula is C31H18BN3O2. The maximum Gasteiger partial charge on any atom is 0.260 e. The van der Waals surface area contributed by atoms with Crippen LogP contribution in [0.3, 0.4) is 0 Å². The summed E-state index contributed by atoms with van der Waals surface area (Å²) in [6, 6.07) is 37.5. The lowest BCUT2D eigenvalue weighted by Gasteiger charge is -2.32. The monoisotopic (exact) mass is 475 g/mol. The van der Waals surface area contributed by atoms with Crippen LogP contribution in [0.25, 0.3) is 33.5 Å². The van der Waals surface area contributed by atoms with Gasteiger partial charge in [-0.25, -0.2) is 4.98 Å². The summed E-state index contributed by atoms with van der Waals surface area (Å²) < 4.78 is 17.6. The summed E-state index contributed by atoms with van der Waals surface area (Å²) in [7, 11) is 0. The van der Waals surface area contributed by atoms with Gasteiger partial charge in [-0.05, 0) is 47.3 Å². The van der Waals surface area contributed by atoms with Crippen molar-refractivity contribution in [1.82, 2.24) is 14.0 Å². The number of para-hydroxylation sites is 5. The molecule has 9 rings (SSSR count). The second-order valence-electron chi connectivity index (χ2n) is 9.60. The van der Waals surface area contributed by atoms with Gasteiger partial charge >= 0.3 is 0 Å². The van der Waals surface area contributed by atoms with Gasteiger partial charge in [-0.3, -0.25) is 8.97 Å². The predicted octanol–water partition coefficient (Wildman–Crippen LogP) is 5.16. The zero-order valence-corrected chi connectivity index (χ0v) is 19.6. The number of rotatable bonds is 1. The molecule has 0 aliphatic carbocycles. The molecule has 0 unspecified atom stereocenters. The van der Waals surface area contributed by atoms with Gasteiger partial charge in [0.05, 0.1) is 16.6 Å². The number of fused-ring (bicyclic) bond motifs is 10. The molecule has 0 spiro atoms. The fraction of sp³-hybridized carbons (Fsp3) is 0. The molecule has 0 bridgehead atoms. The molecule has 6 heteroatoms. The van der Waals surface area contributed by atoms with E-state index in [1.165, 1.54) is 0 Å². The average molecular weight is 475 g/mol. The van der Waals surface area contributed by atoms with Crippen molar-refractivity contribution in [1.29, 1.82) is 0 Å². The average Bonchev–Trinajstić information content (AvgIpc) is 3.48. The van der Waals surface area contributed by atoms with E-state index in [2.05, 4.69) is 87.8 Å². The maximum atomic E-state index is 6.64. The van der Waals surface area contributed by atoms with Crippen LogP contribution in [0.5, 0.6) is 23.0 Å². The van der Waals surface area contributed by atoms with Gasteiger partial charge in [0, 0.05) is 17.2 Å². The summed E-state index contributed by atoms with van der Waals surface area (Å²) in [6.45, 7) is 0.0263. The Balaban J connectivity index is 1.44.